The predicted octanol–water partition coefficient (Wildman–Crippen LogP) is 3.87. The maximum atomic E-state index is 12.2. The monoisotopic (exact) mass is 398 g/mol. The van der Waals surface area contributed by atoms with Crippen LogP contribution in [0.25, 0.3) is 10.2 Å². The van der Waals surface area contributed by atoms with Crippen LogP contribution in [-0.2, 0) is 24.2 Å². The van der Waals surface area contributed by atoms with E-state index in [-0.39, 0.29) is 11.7 Å². The molecule has 7 heteroatoms. The number of nitrogen functional groups attached to an aromatic ring is 1. The van der Waals surface area contributed by atoms with Crippen molar-refractivity contribution in [3.05, 3.63) is 45.8 Å². The lowest BCUT2D eigenvalue weighted by Crippen LogP contribution is -2.25. The van der Waals surface area contributed by atoms with Gasteiger partial charge in [0.25, 0.3) is 0 Å². The number of amides is 1. The van der Waals surface area contributed by atoms with Crippen LogP contribution < -0.4 is 11.1 Å². The second-order valence-electron chi connectivity index (χ2n) is 6.77. The van der Waals surface area contributed by atoms with Crippen LogP contribution >= 0.6 is 23.1 Å². The molecule has 0 fully saturated rings. The van der Waals surface area contributed by atoms with Gasteiger partial charge < -0.3 is 11.1 Å². The van der Waals surface area contributed by atoms with Crippen LogP contribution in [0.5, 0.6) is 0 Å². The first-order valence-corrected chi connectivity index (χ1v) is 10.9. The number of benzene rings is 1. The fraction of sp³-hybridized carbons (Fsp3) is 0.350. The number of aromatic nitrogens is 2. The van der Waals surface area contributed by atoms with Gasteiger partial charge in [0.05, 0.1) is 11.1 Å². The van der Waals surface area contributed by atoms with Crippen molar-refractivity contribution in [1.82, 2.24) is 15.3 Å². The first-order chi connectivity index (χ1) is 13.1. The minimum absolute atomic E-state index is 0.0315. The van der Waals surface area contributed by atoms with E-state index < -0.39 is 0 Å². The number of hydrogen-bond donors (Lipinski definition) is 2. The molecule has 0 aliphatic heterocycles. The Morgan fingerprint density at radius 3 is 2.93 bits per heavy atom. The summed E-state index contributed by atoms with van der Waals surface area (Å²) in [6.07, 6.45) is 4.61. The smallest absolute Gasteiger partial charge is 0.230 e. The van der Waals surface area contributed by atoms with Gasteiger partial charge in [-0.25, -0.2) is 9.97 Å². The van der Waals surface area contributed by atoms with Gasteiger partial charge in [-0.05, 0) is 49.3 Å². The van der Waals surface area contributed by atoms with E-state index in [1.165, 1.54) is 40.6 Å². The molecule has 0 spiro atoms. The van der Waals surface area contributed by atoms with Gasteiger partial charge in [-0.3, -0.25) is 4.79 Å². The number of aryl methyl sites for hydroxylation is 3. The molecule has 4 rings (SSSR count). The average Bonchev–Trinajstić information content (AvgIpc) is 3.04. The number of nitrogens with one attached hydrogen (secondary N) is 1. The Hall–Kier alpha value is -2.12. The van der Waals surface area contributed by atoms with Gasteiger partial charge in [-0.1, -0.05) is 36.0 Å². The van der Waals surface area contributed by atoms with Crippen molar-refractivity contribution < 1.29 is 4.79 Å². The number of carbonyl (C=O) groups excluding carboxylic acids is 1. The molecule has 0 atom stereocenters. The van der Waals surface area contributed by atoms with E-state index in [0.717, 1.165) is 28.6 Å². The van der Waals surface area contributed by atoms with Crippen LogP contribution in [0.3, 0.4) is 0 Å². The number of nitrogens with two attached hydrogens (primary N) is 1. The van der Waals surface area contributed by atoms with Gasteiger partial charge in [0, 0.05) is 11.4 Å². The molecule has 1 aromatic carbocycles. The Bertz CT molecular complexity index is 999. The Morgan fingerprint density at radius 2 is 2.07 bits per heavy atom. The van der Waals surface area contributed by atoms with E-state index in [0.29, 0.717) is 17.5 Å². The van der Waals surface area contributed by atoms with Crippen molar-refractivity contribution in [1.29, 1.82) is 0 Å². The third kappa shape index (κ3) is 3.94. The molecule has 0 unspecified atom stereocenters. The Kier molecular flexibility index (Phi) is 5.31. The zero-order valence-electron chi connectivity index (χ0n) is 15.2. The number of nitrogens with zero attached hydrogens (tertiary/aromatic N) is 2. The summed E-state index contributed by atoms with van der Waals surface area (Å²) in [5.41, 5.74) is 9.87. The molecule has 0 saturated carbocycles. The molecule has 3 aromatic rings. The topological polar surface area (TPSA) is 80.9 Å². The van der Waals surface area contributed by atoms with Gasteiger partial charge in [0.15, 0.2) is 5.16 Å². The lowest BCUT2D eigenvalue weighted by molar-refractivity contribution is -0.118. The molecule has 1 aliphatic carbocycles. The van der Waals surface area contributed by atoms with Crippen molar-refractivity contribution in [3.8, 4) is 0 Å². The zero-order chi connectivity index (χ0) is 18.8. The summed E-state index contributed by atoms with van der Waals surface area (Å²) in [5, 5.41) is 4.56. The second kappa shape index (κ2) is 7.86. The number of fused-ring (bicyclic) bond motifs is 3. The van der Waals surface area contributed by atoms with Gasteiger partial charge in [-0.2, -0.15) is 0 Å². The van der Waals surface area contributed by atoms with E-state index in [1.54, 1.807) is 11.3 Å². The van der Waals surface area contributed by atoms with Crippen molar-refractivity contribution in [2.24, 2.45) is 0 Å². The molecule has 0 saturated heterocycles. The van der Waals surface area contributed by atoms with Crippen molar-refractivity contribution in [2.75, 3.05) is 11.5 Å². The molecule has 0 bridgehead atoms. The lowest BCUT2D eigenvalue weighted by atomic mass is 9.97. The van der Waals surface area contributed by atoms with Gasteiger partial charge in [-0.15, -0.1) is 11.3 Å². The molecule has 0 radical (unpaired) electrons. The molecule has 27 heavy (non-hydrogen) atoms. The van der Waals surface area contributed by atoms with Crippen molar-refractivity contribution in [3.63, 3.8) is 0 Å². The first kappa shape index (κ1) is 18.3. The summed E-state index contributed by atoms with van der Waals surface area (Å²) in [5.74, 6) is 0.792. The van der Waals surface area contributed by atoms with Crippen LogP contribution in [-0.4, -0.2) is 21.6 Å². The maximum absolute atomic E-state index is 12.2. The van der Waals surface area contributed by atoms with E-state index in [1.807, 2.05) is 31.2 Å². The fourth-order valence-corrected chi connectivity index (χ4v) is 5.42. The number of hydrogen-bond acceptors (Lipinski definition) is 6. The SMILES string of the molecule is Cc1ccccc1CNC(=O)CSc1nc(N)c2c3c(sc2n1)CCCC3. The van der Waals surface area contributed by atoms with Gasteiger partial charge >= 0.3 is 0 Å². The van der Waals surface area contributed by atoms with Gasteiger partial charge in [0.2, 0.25) is 5.91 Å². The van der Waals surface area contributed by atoms with Crippen LogP contribution in [0.4, 0.5) is 5.82 Å². The third-order valence-corrected chi connectivity index (χ3v) is 6.92. The lowest BCUT2D eigenvalue weighted by Gasteiger charge is -2.10. The fourth-order valence-electron chi connectivity index (χ4n) is 3.41. The summed E-state index contributed by atoms with van der Waals surface area (Å²) >= 11 is 3.06. The molecule has 140 valence electrons. The van der Waals surface area contributed by atoms with Crippen LogP contribution in [0.2, 0.25) is 0 Å². The van der Waals surface area contributed by atoms with Crippen molar-refractivity contribution >= 4 is 45.0 Å². The quantitative estimate of drug-likeness (QED) is 0.504. The first-order valence-electron chi connectivity index (χ1n) is 9.13. The highest BCUT2D eigenvalue weighted by molar-refractivity contribution is 7.99. The summed E-state index contributed by atoms with van der Waals surface area (Å²) in [6.45, 7) is 2.58. The van der Waals surface area contributed by atoms with Crippen LogP contribution in [0, 0.1) is 6.92 Å². The summed E-state index contributed by atoms with van der Waals surface area (Å²) < 4.78 is 0. The normalized spacial score (nSPS) is 13.5. The second-order valence-corrected chi connectivity index (χ2v) is 8.80. The largest absolute Gasteiger partial charge is 0.383 e. The van der Waals surface area contributed by atoms with E-state index in [2.05, 4.69) is 15.3 Å². The van der Waals surface area contributed by atoms with E-state index in [4.69, 9.17) is 5.73 Å². The third-order valence-electron chi connectivity index (χ3n) is 4.89. The molecule has 1 aliphatic rings. The van der Waals surface area contributed by atoms with E-state index in [9.17, 15) is 4.79 Å². The zero-order valence-corrected chi connectivity index (χ0v) is 16.9. The van der Waals surface area contributed by atoms with Crippen molar-refractivity contribution in [2.45, 2.75) is 44.3 Å². The molecule has 3 N–H and O–H groups in total. The minimum Gasteiger partial charge on any atom is -0.383 e. The molecular weight excluding hydrogens is 376 g/mol. The maximum Gasteiger partial charge on any atom is 0.230 e. The van der Waals surface area contributed by atoms with E-state index >= 15 is 0 Å². The van der Waals surface area contributed by atoms with Gasteiger partial charge in [0.1, 0.15) is 10.6 Å². The highest BCUT2D eigenvalue weighted by atomic mass is 32.2. The summed E-state index contributed by atoms with van der Waals surface area (Å²) in [4.78, 5) is 23.6. The molecule has 2 heterocycles. The molecule has 5 nitrogen and oxygen atoms in total. The molecule has 1 amide bonds. The average molecular weight is 399 g/mol. The number of thiophene rings is 1. The summed E-state index contributed by atoms with van der Waals surface area (Å²) in [6, 6.07) is 8.05. The number of carbonyl (C=O) groups is 1. The highest BCUT2D eigenvalue weighted by Crippen LogP contribution is 2.38. The number of thioether (sulfide) groups is 1. The number of anilines is 1. The molecule has 2 aromatic heterocycles. The Balaban J connectivity index is 1.41. The minimum atomic E-state index is -0.0315. The Labute approximate surface area is 166 Å². The van der Waals surface area contributed by atoms with Crippen LogP contribution in [0.15, 0.2) is 29.4 Å². The summed E-state index contributed by atoms with van der Waals surface area (Å²) in [7, 11) is 0. The molecular formula is C20H22N4OS2. The number of rotatable bonds is 5. The van der Waals surface area contributed by atoms with Crippen LogP contribution in [0.1, 0.15) is 34.4 Å². The predicted molar refractivity (Wildman–Crippen MR) is 112 cm³/mol. The standard InChI is InChI=1S/C20H22N4OS2/c1-12-6-2-3-7-13(12)10-22-16(25)11-26-20-23-18(21)17-14-8-4-5-9-15(14)27-19(17)24-20/h2-3,6-7H,4-5,8-11H2,1H3,(H,22,25)(H2,21,23,24). The highest BCUT2D eigenvalue weighted by Gasteiger charge is 2.20. The Morgan fingerprint density at radius 1 is 1.26 bits per heavy atom.